The molecule has 0 saturated heterocycles. The maximum absolute atomic E-state index is 9.69. The molecule has 2 aromatic carbocycles. The summed E-state index contributed by atoms with van der Waals surface area (Å²) in [5.74, 6) is 0.357. The van der Waals surface area contributed by atoms with Crippen molar-refractivity contribution in [2.24, 2.45) is 0 Å². The number of aryl methyl sites for hydroxylation is 5. The summed E-state index contributed by atoms with van der Waals surface area (Å²) in [4.78, 5) is 0. The van der Waals surface area contributed by atoms with E-state index in [-0.39, 0.29) is 0 Å². The molecule has 0 aliphatic heterocycles. The molecule has 0 spiro atoms. The number of aromatic hydroxyl groups is 1. The highest BCUT2D eigenvalue weighted by Crippen LogP contribution is 2.26. The minimum Gasteiger partial charge on any atom is -0.508 e. The molecule has 2 nitrogen and oxygen atoms in total. The zero-order valence-electron chi connectivity index (χ0n) is 13.0. The molecule has 2 N–H and O–H groups in total. The van der Waals surface area contributed by atoms with E-state index in [1.807, 2.05) is 26.0 Å². The molecule has 0 heterocycles. The lowest BCUT2D eigenvalue weighted by atomic mass is 10.0. The van der Waals surface area contributed by atoms with Crippen LogP contribution >= 0.6 is 0 Å². The molecule has 0 saturated carbocycles. The smallest absolute Gasteiger partial charge is 0.118 e. The van der Waals surface area contributed by atoms with Crippen LogP contribution in [0, 0.1) is 34.6 Å². The molecule has 0 amide bonds. The normalized spacial score (nSPS) is 10.7. The van der Waals surface area contributed by atoms with E-state index in [1.165, 1.54) is 22.3 Å². The van der Waals surface area contributed by atoms with Crippen molar-refractivity contribution in [3.05, 3.63) is 57.6 Å². The SMILES string of the molecule is Cc1cc(C)c(CNc2cc(C)c(O)cc2C)cc1C. The molecule has 0 atom stereocenters. The van der Waals surface area contributed by atoms with E-state index in [0.29, 0.717) is 5.75 Å². The van der Waals surface area contributed by atoms with E-state index < -0.39 is 0 Å². The summed E-state index contributed by atoms with van der Waals surface area (Å²) < 4.78 is 0. The molecule has 2 rings (SSSR count). The number of hydrogen-bond donors (Lipinski definition) is 2. The first-order valence-electron chi connectivity index (χ1n) is 6.99. The lowest BCUT2D eigenvalue weighted by molar-refractivity contribution is 0.471. The molecule has 2 aromatic rings. The molecule has 106 valence electrons. The van der Waals surface area contributed by atoms with Gasteiger partial charge in [0, 0.05) is 12.2 Å². The molecule has 20 heavy (non-hydrogen) atoms. The molecule has 0 bridgehead atoms. The number of rotatable bonds is 3. The number of phenolic OH excluding ortho intramolecular Hbond substituents is 1. The minimum atomic E-state index is 0.357. The van der Waals surface area contributed by atoms with E-state index >= 15 is 0 Å². The first-order valence-corrected chi connectivity index (χ1v) is 6.99. The Morgan fingerprint density at radius 2 is 1.40 bits per heavy atom. The zero-order valence-corrected chi connectivity index (χ0v) is 13.0. The number of anilines is 1. The quantitative estimate of drug-likeness (QED) is 0.801. The zero-order chi connectivity index (χ0) is 14.9. The predicted molar refractivity (Wildman–Crippen MR) is 85.6 cm³/mol. The third-order valence-electron chi connectivity index (χ3n) is 3.96. The van der Waals surface area contributed by atoms with E-state index in [0.717, 1.165) is 23.4 Å². The largest absolute Gasteiger partial charge is 0.508 e. The van der Waals surface area contributed by atoms with Gasteiger partial charge < -0.3 is 10.4 Å². The Labute approximate surface area is 121 Å². The van der Waals surface area contributed by atoms with Gasteiger partial charge in [-0.15, -0.1) is 0 Å². The van der Waals surface area contributed by atoms with Crippen molar-refractivity contribution in [3.63, 3.8) is 0 Å². The number of nitrogens with one attached hydrogen (secondary N) is 1. The van der Waals surface area contributed by atoms with Crippen molar-refractivity contribution < 1.29 is 5.11 Å². The number of hydrogen-bond acceptors (Lipinski definition) is 2. The molecule has 0 aliphatic carbocycles. The highest BCUT2D eigenvalue weighted by atomic mass is 16.3. The van der Waals surface area contributed by atoms with Crippen LogP contribution in [0.5, 0.6) is 5.75 Å². The van der Waals surface area contributed by atoms with Crippen molar-refractivity contribution in [2.45, 2.75) is 41.2 Å². The van der Waals surface area contributed by atoms with Crippen LogP contribution in [0.1, 0.15) is 33.4 Å². The molecule has 0 aliphatic rings. The summed E-state index contributed by atoms with van der Waals surface area (Å²) in [5.41, 5.74) is 8.34. The van der Waals surface area contributed by atoms with Gasteiger partial charge in [-0.05, 0) is 80.1 Å². The highest BCUT2D eigenvalue weighted by molar-refractivity contribution is 5.57. The van der Waals surface area contributed by atoms with E-state index in [1.54, 1.807) is 0 Å². The van der Waals surface area contributed by atoms with Crippen molar-refractivity contribution in [2.75, 3.05) is 5.32 Å². The lowest BCUT2D eigenvalue weighted by Crippen LogP contribution is -2.04. The van der Waals surface area contributed by atoms with Gasteiger partial charge in [0.05, 0.1) is 0 Å². The van der Waals surface area contributed by atoms with Crippen LogP contribution in [-0.4, -0.2) is 5.11 Å². The van der Waals surface area contributed by atoms with Crippen LogP contribution in [-0.2, 0) is 6.54 Å². The molecule has 0 aromatic heterocycles. The van der Waals surface area contributed by atoms with Crippen molar-refractivity contribution >= 4 is 5.69 Å². The Hall–Kier alpha value is -1.96. The van der Waals surface area contributed by atoms with Gasteiger partial charge in [0.2, 0.25) is 0 Å². The summed E-state index contributed by atoms with van der Waals surface area (Å²) in [6.45, 7) is 11.2. The Balaban J connectivity index is 2.21. The Kier molecular flexibility index (Phi) is 4.03. The van der Waals surface area contributed by atoms with Gasteiger partial charge in [-0.2, -0.15) is 0 Å². The second kappa shape index (κ2) is 5.58. The second-order valence-corrected chi connectivity index (χ2v) is 5.67. The maximum atomic E-state index is 9.69. The predicted octanol–water partition coefficient (Wildman–Crippen LogP) is 4.55. The molecular formula is C18H23NO. The van der Waals surface area contributed by atoms with E-state index in [9.17, 15) is 5.11 Å². The van der Waals surface area contributed by atoms with Crippen molar-refractivity contribution in [3.8, 4) is 5.75 Å². The van der Waals surface area contributed by atoms with Crippen LogP contribution in [0.2, 0.25) is 0 Å². The van der Waals surface area contributed by atoms with E-state index in [2.05, 4.69) is 38.2 Å². The maximum Gasteiger partial charge on any atom is 0.118 e. The van der Waals surface area contributed by atoms with E-state index in [4.69, 9.17) is 0 Å². The summed E-state index contributed by atoms with van der Waals surface area (Å²) in [6, 6.07) is 8.30. The topological polar surface area (TPSA) is 32.3 Å². The van der Waals surface area contributed by atoms with Gasteiger partial charge in [0.15, 0.2) is 0 Å². The average molecular weight is 269 g/mol. The molecule has 0 unspecified atom stereocenters. The van der Waals surface area contributed by atoms with Gasteiger partial charge in [0.1, 0.15) is 5.75 Å². The third kappa shape index (κ3) is 2.96. The molecule has 0 radical (unpaired) electrons. The number of benzene rings is 2. The van der Waals surface area contributed by atoms with Crippen LogP contribution < -0.4 is 5.32 Å². The molecule has 0 fully saturated rings. The Morgan fingerprint density at radius 3 is 2.10 bits per heavy atom. The fourth-order valence-electron chi connectivity index (χ4n) is 2.39. The molecule has 2 heteroatoms. The van der Waals surface area contributed by atoms with Crippen LogP contribution in [0.25, 0.3) is 0 Å². The van der Waals surface area contributed by atoms with Crippen LogP contribution in [0.4, 0.5) is 5.69 Å². The van der Waals surface area contributed by atoms with Crippen molar-refractivity contribution in [1.82, 2.24) is 0 Å². The Morgan fingerprint density at radius 1 is 0.750 bits per heavy atom. The van der Waals surface area contributed by atoms with Crippen LogP contribution in [0.15, 0.2) is 24.3 Å². The van der Waals surface area contributed by atoms with Gasteiger partial charge in [-0.3, -0.25) is 0 Å². The van der Waals surface area contributed by atoms with Gasteiger partial charge in [-0.25, -0.2) is 0 Å². The fourth-order valence-corrected chi connectivity index (χ4v) is 2.39. The summed E-state index contributed by atoms with van der Waals surface area (Å²) >= 11 is 0. The lowest BCUT2D eigenvalue weighted by Gasteiger charge is -2.14. The van der Waals surface area contributed by atoms with Gasteiger partial charge in [0.25, 0.3) is 0 Å². The first-order chi connectivity index (χ1) is 9.38. The standard InChI is InChI=1S/C18H23NO/c1-11-6-13(3)16(7-12(11)2)10-19-17-8-15(5)18(20)9-14(17)4/h6-9,19-20H,10H2,1-5H3. The van der Waals surface area contributed by atoms with Crippen LogP contribution in [0.3, 0.4) is 0 Å². The fraction of sp³-hybridized carbons (Fsp3) is 0.333. The Bertz CT molecular complexity index is 587. The van der Waals surface area contributed by atoms with Gasteiger partial charge >= 0.3 is 0 Å². The highest BCUT2D eigenvalue weighted by Gasteiger charge is 2.05. The summed E-state index contributed by atoms with van der Waals surface area (Å²) in [7, 11) is 0. The second-order valence-electron chi connectivity index (χ2n) is 5.67. The summed E-state index contributed by atoms with van der Waals surface area (Å²) in [5, 5.41) is 13.2. The number of phenols is 1. The average Bonchev–Trinajstić information content (AvgIpc) is 2.37. The third-order valence-corrected chi connectivity index (χ3v) is 3.96. The minimum absolute atomic E-state index is 0.357. The monoisotopic (exact) mass is 269 g/mol. The van der Waals surface area contributed by atoms with Crippen molar-refractivity contribution in [1.29, 1.82) is 0 Å². The summed E-state index contributed by atoms with van der Waals surface area (Å²) in [6.07, 6.45) is 0. The molecular weight excluding hydrogens is 246 g/mol. The van der Waals surface area contributed by atoms with Gasteiger partial charge in [-0.1, -0.05) is 12.1 Å². The first kappa shape index (κ1) is 14.4.